The van der Waals surface area contributed by atoms with E-state index < -0.39 is 0 Å². The van der Waals surface area contributed by atoms with Crippen LogP contribution in [0.2, 0.25) is 0 Å². The van der Waals surface area contributed by atoms with Crippen LogP contribution in [0.25, 0.3) is 10.8 Å². The van der Waals surface area contributed by atoms with E-state index in [1.54, 1.807) is 0 Å². The predicted octanol–water partition coefficient (Wildman–Crippen LogP) is 9.95. The van der Waals surface area contributed by atoms with Gasteiger partial charge in [0.05, 0.1) is 0 Å². The van der Waals surface area contributed by atoms with Crippen LogP contribution in [-0.4, -0.2) is 5.78 Å². The third-order valence-corrected chi connectivity index (χ3v) is 7.04. The Labute approximate surface area is 234 Å². The maximum absolute atomic E-state index is 12.8. The molecule has 0 amide bonds. The minimum Gasteiger partial charge on any atom is -0.457 e. The van der Waals surface area contributed by atoms with E-state index in [2.05, 4.69) is 90.7 Å². The van der Waals surface area contributed by atoms with Gasteiger partial charge in [0, 0.05) is 28.2 Å². The van der Waals surface area contributed by atoms with Crippen molar-refractivity contribution in [2.75, 3.05) is 4.90 Å². The van der Waals surface area contributed by atoms with Crippen molar-refractivity contribution < 1.29 is 9.53 Å². The van der Waals surface area contributed by atoms with Gasteiger partial charge in [0.1, 0.15) is 11.5 Å². The highest BCUT2D eigenvalue weighted by Crippen LogP contribution is 2.37. The van der Waals surface area contributed by atoms with E-state index in [0.29, 0.717) is 16.9 Å². The summed E-state index contributed by atoms with van der Waals surface area (Å²) < 4.78 is 6.12. The molecule has 40 heavy (non-hydrogen) atoms. The number of carbonyl (C=O) groups excluding carboxylic acids is 1. The predicted molar refractivity (Wildman–Crippen MR) is 164 cm³/mol. The van der Waals surface area contributed by atoms with Gasteiger partial charge in [-0.15, -0.1) is 0 Å². The summed E-state index contributed by atoms with van der Waals surface area (Å²) in [7, 11) is 0. The Morgan fingerprint density at radius 1 is 0.500 bits per heavy atom. The van der Waals surface area contributed by atoms with E-state index in [1.807, 2.05) is 67.6 Å². The van der Waals surface area contributed by atoms with Crippen molar-refractivity contribution in [1.29, 1.82) is 0 Å². The molecule has 3 heteroatoms. The number of anilines is 3. The van der Waals surface area contributed by atoms with Crippen LogP contribution in [-0.2, 0) is 0 Å². The van der Waals surface area contributed by atoms with E-state index in [-0.39, 0.29) is 5.78 Å². The highest BCUT2D eigenvalue weighted by atomic mass is 16.5. The van der Waals surface area contributed by atoms with Crippen LogP contribution in [0.3, 0.4) is 0 Å². The van der Waals surface area contributed by atoms with Crippen LogP contribution in [0, 0.1) is 13.8 Å². The summed E-state index contributed by atoms with van der Waals surface area (Å²) in [5.41, 5.74) is 6.87. The summed E-state index contributed by atoms with van der Waals surface area (Å²) in [4.78, 5) is 15.1. The minimum atomic E-state index is 0.000732. The van der Waals surface area contributed by atoms with Crippen LogP contribution in [0.4, 0.5) is 17.1 Å². The molecule has 0 atom stereocenters. The molecule has 3 nitrogen and oxygen atoms in total. The fourth-order valence-electron chi connectivity index (χ4n) is 4.80. The van der Waals surface area contributed by atoms with Crippen molar-refractivity contribution in [2.24, 2.45) is 0 Å². The Kier molecular flexibility index (Phi) is 6.86. The monoisotopic (exact) mass is 519 g/mol. The zero-order chi connectivity index (χ0) is 27.5. The van der Waals surface area contributed by atoms with Crippen molar-refractivity contribution >= 4 is 33.6 Å². The van der Waals surface area contributed by atoms with Gasteiger partial charge >= 0.3 is 0 Å². The van der Waals surface area contributed by atoms with Crippen LogP contribution < -0.4 is 9.64 Å². The highest BCUT2D eigenvalue weighted by Gasteiger charge is 2.14. The topological polar surface area (TPSA) is 29.5 Å². The first kappa shape index (κ1) is 25.1. The molecule has 0 bridgehead atoms. The smallest absolute Gasteiger partial charge is 0.193 e. The van der Waals surface area contributed by atoms with E-state index in [4.69, 9.17) is 4.74 Å². The number of ether oxygens (including phenoxy) is 1. The van der Waals surface area contributed by atoms with Gasteiger partial charge in [-0.25, -0.2) is 0 Å². The molecule has 0 aromatic heterocycles. The summed E-state index contributed by atoms with van der Waals surface area (Å²) >= 11 is 0. The van der Waals surface area contributed by atoms with Gasteiger partial charge in [0.25, 0.3) is 0 Å². The van der Waals surface area contributed by atoms with Crippen molar-refractivity contribution in [3.05, 3.63) is 162 Å². The SMILES string of the molecule is Cc1ccc(C(=O)c2ccc(Oc3ccc(N(c4ccc(C)cc4)c4ccc5ccccc5c4)cc3)cc2)cc1. The number of ketones is 1. The molecule has 0 heterocycles. The summed E-state index contributed by atoms with van der Waals surface area (Å²) in [6, 6.07) is 46.5. The molecular weight excluding hydrogens is 490 g/mol. The van der Waals surface area contributed by atoms with Gasteiger partial charge in [-0.05, 0) is 97.4 Å². The fourth-order valence-corrected chi connectivity index (χ4v) is 4.80. The van der Waals surface area contributed by atoms with Gasteiger partial charge in [0.2, 0.25) is 0 Å². The molecule has 6 rings (SSSR count). The van der Waals surface area contributed by atoms with Crippen molar-refractivity contribution in [2.45, 2.75) is 13.8 Å². The molecule has 0 N–H and O–H groups in total. The third-order valence-electron chi connectivity index (χ3n) is 7.04. The zero-order valence-corrected chi connectivity index (χ0v) is 22.5. The lowest BCUT2D eigenvalue weighted by molar-refractivity contribution is 0.103. The van der Waals surface area contributed by atoms with E-state index in [1.165, 1.54) is 16.3 Å². The first-order valence-electron chi connectivity index (χ1n) is 13.4. The highest BCUT2D eigenvalue weighted by molar-refractivity contribution is 6.09. The number of benzene rings is 6. The molecule has 194 valence electrons. The maximum Gasteiger partial charge on any atom is 0.193 e. The molecule has 0 saturated carbocycles. The van der Waals surface area contributed by atoms with Gasteiger partial charge in [-0.2, -0.15) is 0 Å². The summed E-state index contributed by atoms with van der Waals surface area (Å²) in [5, 5.41) is 2.41. The number of rotatable bonds is 7. The average molecular weight is 520 g/mol. The second-order valence-electron chi connectivity index (χ2n) is 10.0. The summed E-state index contributed by atoms with van der Waals surface area (Å²) in [6.45, 7) is 4.11. The lowest BCUT2D eigenvalue weighted by Gasteiger charge is -2.26. The number of fused-ring (bicyclic) bond motifs is 1. The van der Waals surface area contributed by atoms with E-state index in [9.17, 15) is 4.79 Å². The minimum absolute atomic E-state index is 0.000732. The molecule has 0 spiro atoms. The normalized spacial score (nSPS) is 10.8. The molecule has 0 saturated heterocycles. The van der Waals surface area contributed by atoms with Gasteiger partial charge in [-0.1, -0.05) is 77.9 Å². The molecule has 0 aliphatic carbocycles. The van der Waals surface area contributed by atoms with Gasteiger partial charge < -0.3 is 9.64 Å². The Hall–Kier alpha value is -5.15. The molecule has 0 aliphatic heterocycles. The van der Waals surface area contributed by atoms with E-state index >= 15 is 0 Å². The maximum atomic E-state index is 12.8. The van der Waals surface area contributed by atoms with Crippen LogP contribution in [0.15, 0.2) is 140 Å². The summed E-state index contributed by atoms with van der Waals surface area (Å²) in [5.74, 6) is 1.41. The van der Waals surface area contributed by atoms with Crippen molar-refractivity contribution in [3.8, 4) is 11.5 Å². The molecular formula is C37H29NO2. The first-order valence-corrected chi connectivity index (χ1v) is 13.4. The lowest BCUT2D eigenvalue weighted by Crippen LogP contribution is -2.09. The Balaban J connectivity index is 1.24. The largest absolute Gasteiger partial charge is 0.457 e. The van der Waals surface area contributed by atoms with Crippen LogP contribution >= 0.6 is 0 Å². The Morgan fingerprint density at radius 3 is 1.55 bits per heavy atom. The molecule has 0 aliphatic rings. The number of aryl methyl sites for hydroxylation is 2. The lowest BCUT2D eigenvalue weighted by atomic mass is 10.0. The van der Waals surface area contributed by atoms with Gasteiger partial charge in [0.15, 0.2) is 5.78 Å². The first-order chi connectivity index (χ1) is 19.5. The standard InChI is InChI=1S/C37H29NO2/c1-26-7-11-29(12-8-26)37(39)30-14-21-35(22-15-30)40-36-23-19-33(20-24-36)38(32-16-9-27(2)10-17-32)34-18-13-28-5-3-4-6-31(28)25-34/h3-25H,1-2H3. The molecule has 0 radical (unpaired) electrons. The van der Waals surface area contributed by atoms with E-state index in [0.717, 1.165) is 28.4 Å². The second-order valence-corrected chi connectivity index (χ2v) is 10.0. The zero-order valence-electron chi connectivity index (χ0n) is 22.5. The number of nitrogens with zero attached hydrogens (tertiary/aromatic N) is 1. The van der Waals surface area contributed by atoms with Crippen LogP contribution in [0.1, 0.15) is 27.0 Å². The third kappa shape index (κ3) is 5.36. The van der Waals surface area contributed by atoms with Gasteiger partial charge in [-0.3, -0.25) is 4.79 Å². The molecule has 0 fully saturated rings. The molecule has 6 aromatic carbocycles. The molecule has 0 unspecified atom stereocenters. The Bertz CT molecular complexity index is 1770. The summed E-state index contributed by atoms with van der Waals surface area (Å²) in [6.07, 6.45) is 0. The molecule has 6 aromatic rings. The quantitative estimate of drug-likeness (QED) is 0.197. The average Bonchev–Trinajstić information content (AvgIpc) is 2.99. The fraction of sp³-hybridized carbons (Fsp3) is 0.0541. The van der Waals surface area contributed by atoms with Crippen molar-refractivity contribution in [3.63, 3.8) is 0 Å². The van der Waals surface area contributed by atoms with Crippen molar-refractivity contribution in [1.82, 2.24) is 0 Å². The number of hydrogen-bond acceptors (Lipinski definition) is 3. The Morgan fingerprint density at radius 2 is 0.950 bits per heavy atom. The second kappa shape index (κ2) is 10.9. The number of carbonyl (C=O) groups is 1. The van der Waals surface area contributed by atoms with Crippen LogP contribution in [0.5, 0.6) is 11.5 Å². The number of hydrogen-bond donors (Lipinski definition) is 0.